The molecule has 0 bridgehead atoms. The molecule has 4 heteroatoms. The molecule has 1 aliphatic carbocycles. The number of pyridine rings is 1. The second-order valence-corrected chi connectivity index (χ2v) is 3.65. The number of carbonyl (C=O) groups excluding carboxylic acids is 1. The first-order valence-corrected chi connectivity index (χ1v) is 4.92. The molecule has 80 valence electrons. The topological polar surface area (TPSA) is 48.4 Å². The van der Waals surface area contributed by atoms with Gasteiger partial charge in [0.1, 0.15) is 5.75 Å². The molecule has 0 N–H and O–H groups in total. The van der Waals surface area contributed by atoms with Crippen molar-refractivity contribution < 1.29 is 14.3 Å². The van der Waals surface area contributed by atoms with Crippen LogP contribution in [0.25, 0.3) is 0 Å². The van der Waals surface area contributed by atoms with Gasteiger partial charge >= 0.3 is 5.97 Å². The van der Waals surface area contributed by atoms with Crippen molar-refractivity contribution in [1.29, 1.82) is 0 Å². The van der Waals surface area contributed by atoms with Gasteiger partial charge in [0.2, 0.25) is 0 Å². The summed E-state index contributed by atoms with van der Waals surface area (Å²) >= 11 is 0. The number of esters is 1. The van der Waals surface area contributed by atoms with E-state index in [1.807, 2.05) is 13.0 Å². The fourth-order valence-corrected chi connectivity index (χ4v) is 1.30. The van der Waals surface area contributed by atoms with Crippen molar-refractivity contribution in [2.24, 2.45) is 0 Å². The summed E-state index contributed by atoms with van der Waals surface area (Å²) in [5.74, 6) is 0.313. The van der Waals surface area contributed by atoms with E-state index in [1.54, 1.807) is 6.20 Å². The van der Waals surface area contributed by atoms with Crippen molar-refractivity contribution in [3.05, 3.63) is 23.5 Å². The van der Waals surface area contributed by atoms with E-state index in [9.17, 15) is 4.79 Å². The standard InChI is InChI=1S/C11H13NO3/c1-7-5-9(15-8-3-4-8)6-12-10(7)11(13)14-2/h5-6,8H,3-4H2,1-2H3. The minimum Gasteiger partial charge on any atom is -0.489 e. The van der Waals surface area contributed by atoms with Gasteiger partial charge in [0.05, 0.1) is 19.4 Å². The molecule has 1 aliphatic rings. The molecule has 0 unspecified atom stereocenters. The molecule has 0 amide bonds. The SMILES string of the molecule is COC(=O)c1ncc(OC2CC2)cc1C. The molecular formula is C11H13NO3. The Bertz CT molecular complexity index is 385. The zero-order valence-electron chi connectivity index (χ0n) is 8.82. The second-order valence-electron chi connectivity index (χ2n) is 3.65. The highest BCUT2D eigenvalue weighted by atomic mass is 16.5. The fraction of sp³-hybridized carbons (Fsp3) is 0.455. The number of rotatable bonds is 3. The molecule has 0 saturated heterocycles. The van der Waals surface area contributed by atoms with Crippen LogP contribution in [0.15, 0.2) is 12.3 Å². The van der Waals surface area contributed by atoms with E-state index >= 15 is 0 Å². The molecule has 0 radical (unpaired) electrons. The van der Waals surface area contributed by atoms with E-state index in [2.05, 4.69) is 9.72 Å². The first-order chi connectivity index (χ1) is 7.20. The lowest BCUT2D eigenvalue weighted by Crippen LogP contribution is -2.07. The monoisotopic (exact) mass is 207 g/mol. The van der Waals surface area contributed by atoms with Crippen LogP contribution in [-0.2, 0) is 4.74 Å². The summed E-state index contributed by atoms with van der Waals surface area (Å²) in [6.45, 7) is 1.82. The molecule has 1 heterocycles. The summed E-state index contributed by atoms with van der Waals surface area (Å²) in [5.41, 5.74) is 1.13. The molecule has 0 atom stereocenters. The minimum absolute atomic E-state index is 0.343. The summed E-state index contributed by atoms with van der Waals surface area (Å²) < 4.78 is 10.2. The lowest BCUT2D eigenvalue weighted by atomic mass is 10.2. The van der Waals surface area contributed by atoms with Gasteiger partial charge in [0, 0.05) is 0 Å². The normalized spacial score (nSPS) is 14.8. The van der Waals surface area contributed by atoms with E-state index in [0.717, 1.165) is 24.2 Å². The summed E-state index contributed by atoms with van der Waals surface area (Å²) in [6.07, 6.45) is 4.13. The Kier molecular flexibility index (Phi) is 2.58. The molecular weight excluding hydrogens is 194 g/mol. The number of ether oxygens (including phenoxy) is 2. The molecule has 0 spiro atoms. The molecule has 4 nitrogen and oxygen atoms in total. The molecule has 1 aromatic rings. The zero-order valence-corrected chi connectivity index (χ0v) is 8.82. The van der Waals surface area contributed by atoms with Crippen LogP contribution >= 0.6 is 0 Å². The van der Waals surface area contributed by atoms with Crippen LogP contribution in [0, 0.1) is 6.92 Å². The van der Waals surface area contributed by atoms with E-state index < -0.39 is 5.97 Å². The molecule has 1 saturated carbocycles. The van der Waals surface area contributed by atoms with Crippen LogP contribution < -0.4 is 4.74 Å². The van der Waals surface area contributed by atoms with Crippen molar-refractivity contribution >= 4 is 5.97 Å². The van der Waals surface area contributed by atoms with E-state index in [4.69, 9.17) is 4.74 Å². The van der Waals surface area contributed by atoms with Gasteiger partial charge in [-0.1, -0.05) is 0 Å². The Morgan fingerprint density at radius 3 is 2.80 bits per heavy atom. The number of aryl methyl sites for hydroxylation is 1. The summed E-state index contributed by atoms with van der Waals surface area (Å²) in [5, 5.41) is 0. The third-order valence-electron chi connectivity index (χ3n) is 2.26. The van der Waals surface area contributed by atoms with Crippen LogP contribution in [0.5, 0.6) is 5.75 Å². The van der Waals surface area contributed by atoms with Crippen LogP contribution in [0.2, 0.25) is 0 Å². The van der Waals surface area contributed by atoms with Gasteiger partial charge in [-0.15, -0.1) is 0 Å². The van der Waals surface area contributed by atoms with Crippen LogP contribution in [0.1, 0.15) is 28.9 Å². The van der Waals surface area contributed by atoms with Gasteiger partial charge in [-0.2, -0.15) is 0 Å². The van der Waals surface area contributed by atoms with Gasteiger partial charge in [-0.3, -0.25) is 0 Å². The second kappa shape index (κ2) is 3.88. The zero-order chi connectivity index (χ0) is 10.8. The van der Waals surface area contributed by atoms with Gasteiger partial charge in [-0.05, 0) is 31.4 Å². The Labute approximate surface area is 88.2 Å². The predicted octanol–water partition coefficient (Wildman–Crippen LogP) is 1.72. The highest BCUT2D eigenvalue weighted by Gasteiger charge is 2.24. The number of hydrogen-bond acceptors (Lipinski definition) is 4. The fourth-order valence-electron chi connectivity index (χ4n) is 1.30. The van der Waals surface area contributed by atoms with Gasteiger partial charge in [0.15, 0.2) is 5.69 Å². The van der Waals surface area contributed by atoms with E-state index in [1.165, 1.54) is 7.11 Å². The molecule has 0 aliphatic heterocycles. The van der Waals surface area contributed by atoms with Crippen LogP contribution in [-0.4, -0.2) is 24.2 Å². The van der Waals surface area contributed by atoms with Gasteiger partial charge in [0.25, 0.3) is 0 Å². The maximum absolute atomic E-state index is 11.3. The molecule has 0 aromatic carbocycles. The Morgan fingerprint density at radius 2 is 2.27 bits per heavy atom. The number of methoxy groups -OCH3 is 1. The Hall–Kier alpha value is -1.58. The first-order valence-electron chi connectivity index (χ1n) is 4.92. The van der Waals surface area contributed by atoms with Crippen molar-refractivity contribution in [2.45, 2.75) is 25.9 Å². The lowest BCUT2D eigenvalue weighted by Gasteiger charge is -2.07. The maximum Gasteiger partial charge on any atom is 0.356 e. The van der Waals surface area contributed by atoms with Crippen LogP contribution in [0.3, 0.4) is 0 Å². The quantitative estimate of drug-likeness (QED) is 0.708. The van der Waals surface area contributed by atoms with E-state index in [0.29, 0.717) is 11.8 Å². The lowest BCUT2D eigenvalue weighted by molar-refractivity contribution is 0.0593. The van der Waals surface area contributed by atoms with Crippen molar-refractivity contribution in [1.82, 2.24) is 4.98 Å². The highest BCUT2D eigenvalue weighted by Crippen LogP contribution is 2.27. The number of aromatic nitrogens is 1. The summed E-state index contributed by atoms with van der Waals surface area (Å²) in [4.78, 5) is 15.3. The van der Waals surface area contributed by atoms with E-state index in [-0.39, 0.29) is 0 Å². The predicted molar refractivity (Wildman–Crippen MR) is 54.0 cm³/mol. The Morgan fingerprint density at radius 1 is 1.53 bits per heavy atom. The summed E-state index contributed by atoms with van der Waals surface area (Å²) in [6, 6.07) is 1.82. The Balaban J connectivity index is 2.17. The molecule has 2 rings (SSSR count). The third-order valence-corrected chi connectivity index (χ3v) is 2.26. The summed E-state index contributed by atoms with van der Waals surface area (Å²) in [7, 11) is 1.35. The highest BCUT2D eigenvalue weighted by molar-refractivity contribution is 5.88. The van der Waals surface area contributed by atoms with Crippen molar-refractivity contribution in [2.75, 3.05) is 7.11 Å². The average molecular weight is 207 g/mol. The number of nitrogens with zero attached hydrogens (tertiary/aromatic N) is 1. The number of hydrogen-bond donors (Lipinski definition) is 0. The van der Waals surface area contributed by atoms with Crippen LogP contribution in [0.4, 0.5) is 0 Å². The first kappa shape index (κ1) is 9.96. The number of carbonyl (C=O) groups is 1. The smallest absolute Gasteiger partial charge is 0.356 e. The molecule has 1 fully saturated rings. The largest absolute Gasteiger partial charge is 0.489 e. The molecule has 1 aromatic heterocycles. The molecule has 15 heavy (non-hydrogen) atoms. The van der Waals surface area contributed by atoms with Gasteiger partial charge < -0.3 is 9.47 Å². The van der Waals surface area contributed by atoms with Crippen molar-refractivity contribution in [3.63, 3.8) is 0 Å². The van der Waals surface area contributed by atoms with Crippen molar-refractivity contribution in [3.8, 4) is 5.75 Å². The van der Waals surface area contributed by atoms with Gasteiger partial charge in [-0.25, -0.2) is 9.78 Å². The minimum atomic E-state index is -0.412. The average Bonchev–Trinajstić information content (AvgIpc) is 3.01. The maximum atomic E-state index is 11.3. The third kappa shape index (κ3) is 2.26.